The van der Waals surface area contributed by atoms with E-state index in [1.54, 1.807) is 26.4 Å². The second-order valence-electron chi connectivity index (χ2n) is 3.69. The first kappa shape index (κ1) is 14.7. The Morgan fingerprint density at radius 2 is 2.28 bits per heavy atom. The molecule has 0 aromatic carbocycles. The zero-order chi connectivity index (χ0) is 13.2. The third-order valence-corrected chi connectivity index (χ3v) is 2.51. The number of nitrogens with zero attached hydrogens (tertiary/aromatic N) is 2. The molecule has 6 heteroatoms. The second kappa shape index (κ2) is 8.72. The fraction of sp³-hybridized carbons (Fsp3) is 0.500. The van der Waals surface area contributed by atoms with Crippen LogP contribution in [-0.4, -0.2) is 38.3 Å². The number of aromatic nitrogens is 1. The van der Waals surface area contributed by atoms with E-state index in [4.69, 9.17) is 16.3 Å². The lowest BCUT2D eigenvalue weighted by Crippen LogP contribution is -2.37. The average molecular weight is 271 g/mol. The van der Waals surface area contributed by atoms with E-state index in [-0.39, 0.29) is 0 Å². The first-order valence-electron chi connectivity index (χ1n) is 5.80. The van der Waals surface area contributed by atoms with Crippen LogP contribution in [0, 0.1) is 0 Å². The van der Waals surface area contributed by atoms with E-state index in [0.29, 0.717) is 11.7 Å². The summed E-state index contributed by atoms with van der Waals surface area (Å²) in [6.45, 7) is 2.23. The van der Waals surface area contributed by atoms with Crippen LogP contribution in [0.4, 0.5) is 0 Å². The molecular formula is C12H19ClN4O. The van der Waals surface area contributed by atoms with Crippen molar-refractivity contribution in [2.24, 2.45) is 4.99 Å². The molecule has 0 amide bonds. The van der Waals surface area contributed by atoms with Gasteiger partial charge in [0.1, 0.15) is 5.15 Å². The number of halogens is 1. The Bertz CT molecular complexity index is 367. The van der Waals surface area contributed by atoms with Gasteiger partial charge >= 0.3 is 0 Å². The van der Waals surface area contributed by atoms with Gasteiger partial charge in [-0.15, -0.1) is 0 Å². The number of hydrogen-bond donors (Lipinski definition) is 2. The van der Waals surface area contributed by atoms with Gasteiger partial charge in [0.05, 0.1) is 0 Å². The smallest absolute Gasteiger partial charge is 0.191 e. The van der Waals surface area contributed by atoms with Gasteiger partial charge in [0.25, 0.3) is 0 Å². The third kappa shape index (κ3) is 5.84. The van der Waals surface area contributed by atoms with Crippen LogP contribution in [0.1, 0.15) is 12.0 Å². The van der Waals surface area contributed by atoms with Gasteiger partial charge < -0.3 is 15.4 Å². The highest BCUT2D eigenvalue weighted by Crippen LogP contribution is 2.04. The summed E-state index contributed by atoms with van der Waals surface area (Å²) in [5.41, 5.74) is 1.05. The minimum atomic E-state index is 0.501. The molecular weight excluding hydrogens is 252 g/mol. The Labute approximate surface area is 113 Å². The van der Waals surface area contributed by atoms with Crippen molar-refractivity contribution in [1.29, 1.82) is 0 Å². The van der Waals surface area contributed by atoms with Gasteiger partial charge in [-0.3, -0.25) is 4.99 Å². The van der Waals surface area contributed by atoms with Crippen LogP contribution in [0.5, 0.6) is 0 Å². The Morgan fingerprint density at radius 1 is 1.44 bits per heavy atom. The lowest BCUT2D eigenvalue weighted by Gasteiger charge is -2.11. The largest absolute Gasteiger partial charge is 0.385 e. The zero-order valence-electron chi connectivity index (χ0n) is 10.7. The molecule has 0 saturated carbocycles. The molecule has 0 aliphatic heterocycles. The lowest BCUT2D eigenvalue weighted by atomic mass is 10.3. The van der Waals surface area contributed by atoms with Crippen molar-refractivity contribution in [1.82, 2.24) is 15.6 Å². The van der Waals surface area contributed by atoms with Crippen molar-refractivity contribution < 1.29 is 4.74 Å². The van der Waals surface area contributed by atoms with Crippen LogP contribution in [0.25, 0.3) is 0 Å². The quantitative estimate of drug-likeness (QED) is 0.355. The standard InChI is InChI=1S/C12H19ClN4O/c1-14-12(15-6-3-7-18-2)17-9-10-4-5-11(13)16-8-10/h4-5,8H,3,6-7,9H2,1-2H3,(H2,14,15,17). The molecule has 1 aromatic rings. The monoisotopic (exact) mass is 270 g/mol. The highest BCUT2D eigenvalue weighted by atomic mass is 35.5. The second-order valence-corrected chi connectivity index (χ2v) is 4.08. The van der Waals surface area contributed by atoms with E-state index in [0.717, 1.165) is 31.1 Å². The number of rotatable bonds is 6. The fourth-order valence-electron chi connectivity index (χ4n) is 1.34. The number of guanidine groups is 1. The molecule has 0 aliphatic carbocycles. The molecule has 2 N–H and O–H groups in total. The maximum atomic E-state index is 5.72. The minimum absolute atomic E-state index is 0.501. The molecule has 0 atom stereocenters. The highest BCUT2D eigenvalue weighted by molar-refractivity contribution is 6.29. The van der Waals surface area contributed by atoms with Gasteiger partial charge in [-0.2, -0.15) is 0 Å². The van der Waals surface area contributed by atoms with Crippen molar-refractivity contribution in [3.8, 4) is 0 Å². The van der Waals surface area contributed by atoms with E-state index in [1.807, 2.05) is 6.07 Å². The van der Waals surface area contributed by atoms with Crippen molar-refractivity contribution >= 4 is 17.6 Å². The molecule has 0 radical (unpaired) electrons. The molecule has 100 valence electrons. The molecule has 0 spiro atoms. The lowest BCUT2D eigenvalue weighted by molar-refractivity contribution is 0.195. The molecule has 0 saturated heterocycles. The number of pyridine rings is 1. The van der Waals surface area contributed by atoms with Gasteiger partial charge in [0, 0.05) is 40.1 Å². The van der Waals surface area contributed by atoms with Gasteiger partial charge in [-0.05, 0) is 18.1 Å². The minimum Gasteiger partial charge on any atom is -0.385 e. The summed E-state index contributed by atoms with van der Waals surface area (Å²) in [5.74, 6) is 0.765. The van der Waals surface area contributed by atoms with Crippen LogP contribution >= 0.6 is 11.6 Å². The van der Waals surface area contributed by atoms with E-state index < -0.39 is 0 Å². The van der Waals surface area contributed by atoms with Gasteiger partial charge in [0.15, 0.2) is 5.96 Å². The molecule has 1 aromatic heterocycles. The van der Waals surface area contributed by atoms with Crippen molar-refractivity contribution in [2.45, 2.75) is 13.0 Å². The summed E-state index contributed by atoms with van der Waals surface area (Å²) >= 11 is 5.72. The van der Waals surface area contributed by atoms with Crippen molar-refractivity contribution in [3.05, 3.63) is 29.0 Å². The predicted molar refractivity (Wildman–Crippen MR) is 73.9 cm³/mol. The van der Waals surface area contributed by atoms with Crippen LogP contribution < -0.4 is 10.6 Å². The highest BCUT2D eigenvalue weighted by Gasteiger charge is 1.98. The van der Waals surface area contributed by atoms with Gasteiger partial charge in [-0.25, -0.2) is 4.98 Å². The zero-order valence-corrected chi connectivity index (χ0v) is 11.5. The number of methoxy groups -OCH3 is 1. The first-order chi connectivity index (χ1) is 8.76. The van der Waals surface area contributed by atoms with E-state index in [1.165, 1.54) is 0 Å². The van der Waals surface area contributed by atoms with E-state index in [2.05, 4.69) is 20.6 Å². The van der Waals surface area contributed by atoms with Gasteiger partial charge in [-0.1, -0.05) is 17.7 Å². The molecule has 0 aliphatic rings. The summed E-state index contributed by atoms with van der Waals surface area (Å²) in [6, 6.07) is 3.70. The van der Waals surface area contributed by atoms with Crippen LogP contribution in [0.2, 0.25) is 5.15 Å². The molecule has 1 rings (SSSR count). The number of nitrogens with one attached hydrogen (secondary N) is 2. The molecule has 0 bridgehead atoms. The SMILES string of the molecule is CN=C(NCCCOC)NCc1ccc(Cl)nc1. The summed E-state index contributed by atoms with van der Waals surface area (Å²) in [7, 11) is 3.44. The van der Waals surface area contributed by atoms with Gasteiger partial charge in [0.2, 0.25) is 0 Å². The van der Waals surface area contributed by atoms with Crippen LogP contribution in [0.15, 0.2) is 23.3 Å². The average Bonchev–Trinajstić information content (AvgIpc) is 2.40. The maximum Gasteiger partial charge on any atom is 0.191 e. The van der Waals surface area contributed by atoms with Crippen LogP contribution in [0.3, 0.4) is 0 Å². The normalized spacial score (nSPS) is 11.4. The van der Waals surface area contributed by atoms with Crippen LogP contribution in [-0.2, 0) is 11.3 Å². The topological polar surface area (TPSA) is 58.5 Å². The summed E-state index contributed by atoms with van der Waals surface area (Å²) < 4.78 is 4.98. The molecule has 5 nitrogen and oxygen atoms in total. The summed E-state index contributed by atoms with van der Waals surface area (Å²) in [6.07, 6.45) is 2.69. The molecule has 0 unspecified atom stereocenters. The third-order valence-electron chi connectivity index (χ3n) is 2.29. The Kier molecular flexibility index (Phi) is 7.13. The van der Waals surface area contributed by atoms with Crippen molar-refractivity contribution in [2.75, 3.05) is 27.3 Å². The Morgan fingerprint density at radius 3 is 2.89 bits per heavy atom. The number of ether oxygens (including phenoxy) is 1. The fourth-order valence-corrected chi connectivity index (χ4v) is 1.45. The van der Waals surface area contributed by atoms with Crippen molar-refractivity contribution in [3.63, 3.8) is 0 Å². The van der Waals surface area contributed by atoms with E-state index in [9.17, 15) is 0 Å². The molecule has 18 heavy (non-hydrogen) atoms. The molecule has 1 heterocycles. The maximum absolute atomic E-state index is 5.72. The number of aliphatic imine (C=N–C) groups is 1. The predicted octanol–water partition coefficient (Wildman–Crippen LogP) is 1.44. The molecule has 0 fully saturated rings. The number of hydrogen-bond acceptors (Lipinski definition) is 3. The Balaban J connectivity index is 2.29. The van der Waals surface area contributed by atoms with E-state index >= 15 is 0 Å². The first-order valence-corrected chi connectivity index (χ1v) is 6.18. The summed E-state index contributed by atoms with van der Waals surface area (Å²) in [4.78, 5) is 8.14. The summed E-state index contributed by atoms with van der Waals surface area (Å²) in [5, 5.41) is 6.90. The Hall–Kier alpha value is -1.33.